The van der Waals surface area contributed by atoms with Gasteiger partial charge in [0.1, 0.15) is 17.8 Å². The van der Waals surface area contributed by atoms with Gasteiger partial charge in [0, 0.05) is 23.7 Å². The molecule has 1 unspecified atom stereocenters. The number of halogens is 1. The third-order valence-corrected chi connectivity index (χ3v) is 6.67. The molecule has 0 bridgehead atoms. The number of benzene rings is 3. The fourth-order valence-corrected chi connectivity index (χ4v) is 4.44. The first-order valence-electron chi connectivity index (χ1n) is 12.7. The molecule has 1 aliphatic heterocycles. The molecule has 1 saturated heterocycles. The summed E-state index contributed by atoms with van der Waals surface area (Å²) in [6, 6.07) is 19.9. The number of carboxylic acids is 1. The van der Waals surface area contributed by atoms with E-state index < -0.39 is 11.6 Å². The number of para-hydroxylation sites is 1. The maximum atomic E-state index is 12.4. The third kappa shape index (κ3) is 8.58. The van der Waals surface area contributed by atoms with E-state index in [9.17, 15) is 19.5 Å². The van der Waals surface area contributed by atoms with Crippen LogP contribution in [0.2, 0.25) is 5.02 Å². The summed E-state index contributed by atoms with van der Waals surface area (Å²) in [6.07, 6.45) is 2.25. The van der Waals surface area contributed by atoms with E-state index in [2.05, 4.69) is 0 Å². The minimum absolute atomic E-state index is 0.310. The number of amides is 1. The van der Waals surface area contributed by atoms with Crippen LogP contribution in [0, 0.1) is 19.8 Å². The van der Waals surface area contributed by atoms with Crippen LogP contribution in [0.3, 0.4) is 0 Å². The predicted molar refractivity (Wildman–Crippen MR) is 151 cm³/mol. The van der Waals surface area contributed by atoms with Gasteiger partial charge in [0.15, 0.2) is 5.60 Å². The van der Waals surface area contributed by atoms with Crippen LogP contribution in [-0.4, -0.2) is 47.0 Å². The topological polar surface area (TPSA) is 93.1 Å². The van der Waals surface area contributed by atoms with Crippen molar-refractivity contribution in [3.05, 3.63) is 94.0 Å². The van der Waals surface area contributed by atoms with Crippen molar-refractivity contribution in [1.82, 2.24) is 4.90 Å². The second-order valence-corrected chi connectivity index (χ2v) is 10.6. The summed E-state index contributed by atoms with van der Waals surface area (Å²) in [5, 5.41) is 9.98. The standard InChI is InChI=1S/C24H29NO5.C7H5ClO/c1-16-12-19(13-17(2)21(16)30-24(3,4)22(26)27)14-18-10-11-25(15-18)23(28)29-20-8-6-5-7-9-20;8-7-3-1-6(5-9)2-4-7/h5-9,12-13,18H,10-11,14-15H2,1-4H3,(H,26,27);1-5H. The van der Waals surface area contributed by atoms with Gasteiger partial charge in [-0.2, -0.15) is 0 Å². The minimum Gasteiger partial charge on any atom is -0.478 e. The lowest BCUT2D eigenvalue weighted by atomic mass is 9.95. The van der Waals surface area contributed by atoms with E-state index in [1.54, 1.807) is 55.1 Å². The first-order chi connectivity index (χ1) is 18.5. The van der Waals surface area contributed by atoms with Gasteiger partial charge in [-0.1, -0.05) is 54.1 Å². The number of carbonyl (C=O) groups excluding carboxylic acids is 2. The maximum absolute atomic E-state index is 12.4. The average Bonchev–Trinajstić information content (AvgIpc) is 3.36. The molecule has 4 rings (SSSR count). The monoisotopic (exact) mass is 551 g/mol. The number of hydrogen-bond acceptors (Lipinski definition) is 5. The van der Waals surface area contributed by atoms with Crippen molar-refractivity contribution in [2.45, 2.75) is 46.1 Å². The smallest absolute Gasteiger partial charge is 0.415 e. The summed E-state index contributed by atoms with van der Waals surface area (Å²) >= 11 is 5.55. The lowest BCUT2D eigenvalue weighted by Crippen LogP contribution is -2.38. The van der Waals surface area contributed by atoms with Crippen LogP contribution in [-0.2, 0) is 11.2 Å². The summed E-state index contributed by atoms with van der Waals surface area (Å²) < 4.78 is 11.2. The number of carboxylic acid groups (broad SMARTS) is 1. The summed E-state index contributed by atoms with van der Waals surface area (Å²) in [7, 11) is 0. The number of nitrogens with zero attached hydrogens (tertiary/aromatic N) is 1. The molecule has 1 aliphatic rings. The summed E-state index contributed by atoms with van der Waals surface area (Å²) in [6.45, 7) is 8.30. The molecule has 1 atom stereocenters. The fourth-order valence-electron chi connectivity index (χ4n) is 4.31. The van der Waals surface area contributed by atoms with Gasteiger partial charge in [-0.15, -0.1) is 0 Å². The molecule has 1 N–H and O–H groups in total. The van der Waals surface area contributed by atoms with Crippen LogP contribution < -0.4 is 9.47 Å². The molecule has 0 spiro atoms. The molecule has 39 heavy (non-hydrogen) atoms. The van der Waals surface area contributed by atoms with Gasteiger partial charge in [0.2, 0.25) is 0 Å². The van der Waals surface area contributed by atoms with E-state index in [-0.39, 0.29) is 6.09 Å². The Morgan fingerprint density at radius 1 is 1.05 bits per heavy atom. The molecule has 1 fully saturated rings. The molecular weight excluding hydrogens is 518 g/mol. The van der Waals surface area contributed by atoms with Crippen LogP contribution in [0.25, 0.3) is 0 Å². The predicted octanol–water partition coefficient (Wildman–Crippen LogP) is 6.76. The Bertz CT molecular complexity index is 1270. The minimum atomic E-state index is -1.29. The SMILES string of the molecule is Cc1cc(CC2CCN(C(=O)Oc3ccccc3)C2)cc(C)c1OC(C)(C)C(=O)O.O=Cc1ccc(Cl)cc1. The van der Waals surface area contributed by atoms with Crippen LogP contribution in [0.5, 0.6) is 11.5 Å². The van der Waals surface area contributed by atoms with Gasteiger partial charge < -0.3 is 19.5 Å². The summed E-state index contributed by atoms with van der Waals surface area (Å²) in [5.74, 6) is 0.524. The van der Waals surface area contributed by atoms with Crippen LogP contribution in [0.15, 0.2) is 66.7 Å². The molecule has 7 nitrogen and oxygen atoms in total. The highest BCUT2D eigenvalue weighted by Crippen LogP contribution is 2.31. The highest BCUT2D eigenvalue weighted by atomic mass is 35.5. The molecule has 1 heterocycles. The molecule has 0 aromatic heterocycles. The van der Waals surface area contributed by atoms with E-state index in [0.717, 1.165) is 35.8 Å². The second kappa shape index (κ2) is 13.3. The molecular formula is C31H34ClNO6. The second-order valence-electron chi connectivity index (χ2n) is 10.1. The highest BCUT2D eigenvalue weighted by molar-refractivity contribution is 6.30. The lowest BCUT2D eigenvalue weighted by molar-refractivity contribution is -0.152. The van der Waals surface area contributed by atoms with E-state index in [1.807, 2.05) is 44.2 Å². The number of rotatable bonds is 7. The van der Waals surface area contributed by atoms with Crippen LogP contribution in [0.1, 0.15) is 47.3 Å². The summed E-state index contributed by atoms with van der Waals surface area (Å²) in [5.41, 5.74) is 2.35. The Balaban J connectivity index is 0.000000395. The molecule has 1 amide bonds. The fraction of sp³-hybridized carbons (Fsp3) is 0.323. The van der Waals surface area contributed by atoms with E-state index in [1.165, 1.54) is 0 Å². The van der Waals surface area contributed by atoms with Crippen LogP contribution >= 0.6 is 11.6 Å². The number of aliphatic carboxylic acids is 1. The van der Waals surface area contributed by atoms with Crippen LogP contribution in [0.4, 0.5) is 4.79 Å². The number of likely N-dealkylation sites (tertiary alicyclic amines) is 1. The molecule has 3 aromatic rings. The molecule has 0 aliphatic carbocycles. The van der Waals surface area contributed by atoms with Crippen molar-refractivity contribution < 1.29 is 29.0 Å². The number of hydrogen-bond donors (Lipinski definition) is 1. The van der Waals surface area contributed by atoms with Crippen molar-refractivity contribution in [3.8, 4) is 11.5 Å². The lowest BCUT2D eigenvalue weighted by Gasteiger charge is -2.25. The van der Waals surface area contributed by atoms with E-state index >= 15 is 0 Å². The number of aryl methyl sites for hydroxylation is 2. The zero-order chi connectivity index (χ0) is 28.6. The Morgan fingerprint density at radius 3 is 2.23 bits per heavy atom. The van der Waals surface area contributed by atoms with Crippen molar-refractivity contribution >= 4 is 29.9 Å². The van der Waals surface area contributed by atoms with Gasteiger partial charge in [0.05, 0.1) is 0 Å². The average molecular weight is 552 g/mol. The first kappa shape index (κ1) is 29.7. The molecule has 3 aromatic carbocycles. The Hall–Kier alpha value is -3.84. The van der Waals surface area contributed by atoms with Gasteiger partial charge in [0.25, 0.3) is 0 Å². The number of aldehydes is 1. The highest BCUT2D eigenvalue weighted by Gasteiger charge is 2.31. The Labute approximate surface area is 234 Å². The number of ether oxygens (including phenoxy) is 2. The van der Waals surface area contributed by atoms with Crippen molar-refractivity contribution in [1.29, 1.82) is 0 Å². The van der Waals surface area contributed by atoms with Gasteiger partial charge >= 0.3 is 12.1 Å². The molecule has 8 heteroatoms. The third-order valence-electron chi connectivity index (χ3n) is 6.42. The number of carbonyl (C=O) groups is 3. The van der Waals surface area contributed by atoms with Gasteiger partial charge in [-0.25, -0.2) is 9.59 Å². The van der Waals surface area contributed by atoms with Gasteiger partial charge in [-0.05, 0) is 87.4 Å². The van der Waals surface area contributed by atoms with Crippen molar-refractivity contribution in [2.24, 2.45) is 5.92 Å². The molecule has 206 valence electrons. The normalized spacial score (nSPS) is 14.7. The zero-order valence-electron chi connectivity index (χ0n) is 22.6. The Morgan fingerprint density at radius 2 is 1.67 bits per heavy atom. The first-order valence-corrected chi connectivity index (χ1v) is 13.1. The molecule has 0 saturated carbocycles. The van der Waals surface area contributed by atoms with Crippen molar-refractivity contribution in [3.63, 3.8) is 0 Å². The molecule has 0 radical (unpaired) electrons. The largest absolute Gasteiger partial charge is 0.478 e. The maximum Gasteiger partial charge on any atom is 0.415 e. The van der Waals surface area contributed by atoms with Crippen molar-refractivity contribution in [2.75, 3.05) is 13.1 Å². The quantitative estimate of drug-likeness (QED) is 0.326. The zero-order valence-corrected chi connectivity index (χ0v) is 23.4. The van der Waals surface area contributed by atoms with Gasteiger partial charge in [-0.3, -0.25) is 4.79 Å². The van der Waals surface area contributed by atoms with E-state index in [0.29, 0.717) is 41.1 Å². The summed E-state index contributed by atoms with van der Waals surface area (Å²) in [4.78, 5) is 35.6. The Kier molecular flexibility index (Phi) is 10.1. The van der Waals surface area contributed by atoms with E-state index in [4.69, 9.17) is 21.1 Å².